The van der Waals surface area contributed by atoms with E-state index in [1.54, 1.807) is 29.2 Å². The van der Waals surface area contributed by atoms with E-state index in [1.165, 1.54) is 6.08 Å². The Bertz CT molecular complexity index is 1000. The molecule has 0 unspecified atom stereocenters. The van der Waals surface area contributed by atoms with Gasteiger partial charge in [-0.1, -0.05) is 36.5 Å². The smallest absolute Gasteiger partial charge is 0.246 e. The van der Waals surface area contributed by atoms with Crippen LogP contribution in [0.3, 0.4) is 0 Å². The lowest BCUT2D eigenvalue weighted by Crippen LogP contribution is -2.50. The molecule has 1 saturated heterocycles. The molecule has 0 atom stereocenters. The molecule has 2 aromatic carbocycles. The van der Waals surface area contributed by atoms with Gasteiger partial charge in [0.05, 0.1) is 10.7 Å². The van der Waals surface area contributed by atoms with E-state index in [2.05, 4.69) is 6.58 Å². The number of amides is 1. The van der Waals surface area contributed by atoms with Crippen LogP contribution in [0.15, 0.2) is 36.9 Å². The number of hydrogen-bond donors (Lipinski definition) is 2. The standard InChI is InChI=1S/C21H22ClFN4OS/c1-3-17(28)26-6-8-27(9-7-26)21(29)15-11-16(22)18(19(23)20(15)25)14-10-13(24)5-4-12(14)2/h3-5,10-11H,1,6-9,24-25H2,2H3. The number of halogens is 2. The summed E-state index contributed by atoms with van der Waals surface area (Å²) in [6, 6.07) is 6.82. The number of benzene rings is 2. The normalized spacial score (nSPS) is 14.0. The minimum atomic E-state index is -0.621. The van der Waals surface area contributed by atoms with Gasteiger partial charge in [0.1, 0.15) is 4.99 Å². The maximum absolute atomic E-state index is 15.3. The first kappa shape index (κ1) is 21.1. The number of nitrogens with zero attached hydrogens (tertiary/aromatic N) is 2. The number of carbonyl (C=O) groups excluding carboxylic acids is 1. The second-order valence-electron chi connectivity index (χ2n) is 6.90. The van der Waals surface area contributed by atoms with Crippen molar-refractivity contribution in [3.05, 3.63) is 58.9 Å². The van der Waals surface area contributed by atoms with Crippen molar-refractivity contribution in [2.75, 3.05) is 37.6 Å². The zero-order chi connectivity index (χ0) is 21.3. The zero-order valence-corrected chi connectivity index (χ0v) is 17.6. The van der Waals surface area contributed by atoms with Crippen molar-refractivity contribution < 1.29 is 9.18 Å². The first-order valence-corrected chi connectivity index (χ1v) is 9.87. The third-order valence-corrected chi connectivity index (χ3v) is 5.85. The highest BCUT2D eigenvalue weighted by atomic mass is 35.5. The van der Waals surface area contributed by atoms with E-state index in [0.29, 0.717) is 48.0 Å². The average molecular weight is 433 g/mol. The number of hydrogen-bond acceptors (Lipinski definition) is 4. The van der Waals surface area contributed by atoms with E-state index >= 15 is 4.39 Å². The second kappa shape index (κ2) is 8.39. The van der Waals surface area contributed by atoms with E-state index in [0.717, 1.165) is 5.56 Å². The highest BCUT2D eigenvalue weighted by Crippen LogP contribution is 2.38. The lowest BCUT2D eigenvalue weighted by molar-refractivity contribution is -0.127. The fourth-order valence-electron chi connectivity index (χ4n) is 3.40. The Morgan fingerprint density at radius 2 is 1.83 bits per heavy atom. The molecule has 0 bridgehead atoms. The van der Waals surface area contributed by atoms with Crippen molar-refractivity contribution in [3.8, 4) is 11.1 Å². The Morgan fingerprint density at radius 1 is 1.21 bits per heavy atom. The first-order valence-electron chi connectivity index (χ1n) is 9.09. The molecule has 5 nitrogen and oxygen atoms in total. The monoisotopic (exact) mass is 432 g/mol. The predicted molar refractivity (Wildman–Crippen MR) is 120 cm³/mol. The van der Waals surface area contributed by atoms with E-state index in [4.69, 9.17) is 35.3 Å². The van der Waals surface area contributed by atoms with Crippen molar-refractivity contribution in [2.45, 2.75) is 6.92 Å². The number of nitrogens with two attached hydrogens (primary N) is 2. The summed E-state index contributed by atoms with van der Waals surface area (Å²) in [4.78, 5) is 15.7. The fourth-order valence-corrected chi connectivity index (χ4v) is 4.04. The van der Waals surface area contributed by atoms with Gasteiger partial charge >= 0.3 is 0 Å². The number of rotatable bonds is 3. The molecule has 1 heterocycles. The molecule has 29 heavy (non-hydrogen) atoms. The van der Waals surface area contributed by atoms with Crippen molar-refractivity contribution in [1.29, 1.82) is 0 Å². The maximum atomic E-state index is 15.3. The molecule has 0 aromatic heterocycles. The van der Waals surface area contributed by atoms with E-state index in [1.807, 2.05) is 11.8 Å². The molecule has 8 heteroatoms. The van der Waals surface area contributed by atoms with E-state index in [-0.39, 0.29) is 22.2 Å². The van der Waals surface area contributed by atoms with Crippen molar-refractivity contribution >= 4 is 46.1 Å². The van der Waals surface area contributed by atoms with Gasteiger partial charge in [-0.25, -0.2) is 4.39 Å². The summed E-state index contributed by atoms with van der Waals surface area (Å²) in [7, 11) is 0. The predicted octanol–water partition coefficient (Wildman–Crippen LogP) is 3.62. The summed E-state index contributed by atoms with van der Waals surface area (Å²) >= 11 is 12.0. The summed E-state index contributed by atoms with van der Waals surface area (Å²) in [5, 5.41) is 0.211. The van der Waals surface area contributed by atoms with Crippen molar-refractivity contribution in [2.24, 2.45) is 0 Å². The van der Waals surface area contributed by atoms with Gasteiger partial charge in [0, 0.05) is 43.0 Å². The average Bonchev–Trinajstić information content (AvgIpc) is 2.72. The summed E-state index contributed by atoms with van der Waals surface area (Å²) in [6.45, 7) is 7.40. The Labute approximate surface area is 179 Å². The summed E-state index contributed by atoms with van der Waals surface area (Å²) in [5.41, 5.74) is 14.4. The van der Waals surface area contributed by atoms with Crippen LogP contribution in [0.2, 0.25) is 5.02 Å². The highest BCUT2D eigenvalue weighted by molar-refractivity contribution is 7.80. The molecule has 0 saturated carbocycles. The second-order valence-corrected chi connectivity index (χ2v) is 7.70. The van der Waals surface area contributed by atoms with Gasteiger partial charge in [0.15, 0.2) is 5.82 Å². The van der Waals surface area contributed by atoms with Crippen LogP contribution in [0.25, 0.3) is 11.1 Å². The molecule has 152 valence electrons. The molecule has 0 radical (unpaired) electrons. The topological polar surface area (TPSA) is 75.6 Å². The van der Waals surface area contributed by atoms with Gasteiger partial charge in [0.2, 0.25) is 5.91 Å². The third-order valence-electron chi connectivity index (χ3n) is 5.07. The van der Waals surface area contributed by atoms with Crippen LogP contribution in [0.4, 0.5) is 15.8 Å². The van der Waals surface area contributed by atoms with Gasteiger partial charge in [0.25, 0.3) is 0 Å². The number of piperazine rings is 1. The van der Waals surface area contributed by atoms with E-state index < -0.39 is 5.82 Å². The highest BCUT2D eigenvalue weighted by Gasteiger charge is 2.26. The summed E-state index contributed by atoms with van der Waals surface area (Å²) < 4.78 is 15.3. The fraction of sp³-hybridized carbons (Fsp3) is 0.238. The van der Waals surface area contributed by atoms with Crippen LogP contribution >= 0.6 is 23.8 Å². The largest absolute Gasteiger partial charge is 0.399 e. The Kier molecular flexibility index (Phi) is 6.10. The Balaban J connectivity index is 1.92. The Hall–Kier alpha value is -2.64. The number of carbonyl (C=O) groups is 1. The number of anilines is 2. The van der Waals surface area contributed by atoms with Crippen LogP contribution in [-0.4, -0.2) is 46.9 Å². The van der Waals surface area contributed by atoms with Crippen LogP contribution in [0.5, 0.6) is 0 Å². The van der Waals surface area contributed by atoms with Crippen molar-refractivity contribution in [1.82, 2.24) is 9.80 Å². The zero-order valence-electron chi connectivity index (χ0n) is 16.0. The SMILES string of the molecule is C=CC(=O)N1CCN(C(=S)c2cc(Cl)c(-c3cc(N)ccc3C)c(F)c2N)CC1. The van der Waals surface area contributed by atoms with Crippen LogP contribution in [0.1, 0.15) is 11.1 Å². The van der Waals surface area contributed by atoms with Crippen molar-refractivity contribution in [3.63, 3.8) is 0 Å². The first-order chi connectivity index (χ1) is 13.7. The minimum Gasteiger partial charge on any atom is -0.399 e. The molecule has 1 aliphatic heterocycles. The number of thiocarbonyl (C=S) groups is 1. The Morgan fingerprint density at radius 3 is 2.45 bits per heavy atom. The lowest BCUT2D eigenvalue weighted by atomic mass is 9.96. The third kappa shape index (κ3) is 4.06. The molecule has 3 rings (SSSR count). The molecular weight excluding hydrogens is 411 g/mol. The molecule has 4 N–H and O–H groups in total. The van der Waals surface area contributed by atoms with Gasteiger partial charge in [-0.05, 0) is 42.3 Å². The molecule has 1 aliphatic rings. The molecule has 2 aromatic rings. The molecule has 1 amide bonds. The molecule has 0 aliphatic carbocycles. The van der Waals surface area contributed by atoms with E-state index in [9.17, 15) is 4.79 Å². The van der Waals surface area contributed by atoms with Gasteiger partial charge in [-0.2, -0.15) is 0 Å². The van der Waals surface area contributed by atoms with Crippen LogP contribution < -0.4 is 11.5 Å². The van der Waals surface area contributed by atoms with Gasteiger partial charge < -0.3 is 21.3 Å². The van der Waals surface area contributed by atoms with Crippen LogP contribution in [-0.2, 0) is 4.79 Å². The summed E-state index contributed by atoms with van der Waals surface area (Å²) in [5.74, 6) is -0.741. The molecular formula is C21H22ClFN4OS. The number of nitrogen functional groups attached to an aromatic ring is 2. The van der Waals surface area contributed by atoms with Gasteiger partial charge in [-0.3, -0.25) is 4.79 Å². The quantitative estimate of drug-likeness (QED) is 0.440. The maximum Gasteiger partial charge on any atom is 0.246 e. The molecule has 0 spiro atoms. The van der Waals surface area contributed by atoms with Crippen LogP contribution in [0, 0.1) is 12.7 Å². The molecule has 1 fully saturated rings. The lowest BCUT2D eigenvalue weighted by Gasteiger charge is -2.36. The number of aryl methyl sites for hydroxylation is 1. The summed E-state index contributed by atoms with van der Waals surface area (Å²) in [6.07, 6.45) is 1.29. The minimum absolute atomic E-state index is 0.0548. The van der Waals surface area contributed by atoms with Gasteiger partial charge in [-0.15, -0.1) is 0 Å².